The number of carboxylic acids is 1. The molecule has 0 spiro atoms. The first kappa shape index (κ1) is 30.3. The number of fused-ring (bicyclic) bond motifs is 1. The molecular formula is C31H44N2O6S. The fourth-order valence-electron chi connectivity index (χ4n) is 5.94. The Morgan fingerprint density at radius 1 is 1.10 bits per heavy atom. The van der Waals surface area contributed by atoms with Gasteiger partial charge in [0.05, 0.1) is 17.2 Å². The SMILES string of the molecule is CCCCC1(CCCC)CC(c2ccc(OCC3OC3NCC(=O)O)cc2)c2cc(N(C)C)ccc2S(=O)(=O)C1. The standard InChI is InChI=1S/C31H44N2O6S/c1-5-7-15-31(16-8-6-2)18-26(25-17-23(33(3)4)11-14-28(25)40(36,37)21-31)22-9-12-24(13-10-22)38-20-27-30(39-27)32-19-29(34)35/h9-14,17,26-27,30,32H,5-8,15-16,18-21H2,1-4H3,(H,34,35). The molecule has 0 amide bonds. The second-order valence-electron chi connectivity index (χ2n) is 11.6. The first-order valence-corrected chi connectivity index (χ1v) is 16.1. The number of anilines is 1. The highest BCUT2D eigenvalue weighted by molar-refractivity contribution is 7.91. The average Bonchev–Trinajstić information content (AvgIpc) is 3.70. The van der Waals surface area contributed by atoms with Gasteiger partial charge in [-0.05, 0) is 66.1 Å². The lowest BCUT2D eigenvalue weighted by Crippen LogP contribution is -2.30. The van der Waals surface area contributed by atoms with Gasteiger partial charge in [0.1, 0.15) is 24.7 Å². The molecule has 2 aromatic carbocycles. The van der Waals surface area contributed by atoms with Crippen LogP contribution in [0.25, 0.3) is 0 Å². The van der Waals surface area contributed by atoms with Crippen molar-refractivity contribution in [1.82, 2.24) is 5.32 Å². The van der Waals surface area contributed by atoms with Gasteiger partial charge >= 0.3 is 5.97 Å². The number of unbranched alkanes of at least 4 members (excludes halogenated alkanes) is 2. The van der Waals surface area contributed by atoms with Crippen LogP contribution in [0, 0.1) is 5.41 Å². The zero-order chi connectivity index (χ0) is 28.9. The number of hydrogen-bond donors (Lipinski definition) is 2. The Labute approximate surface area is 239 Å². The first-order valence-electron chi connectivity index (χ1n) is 14.4. The molecule has 40 heavy (non-hydrogen) atoms. The van der Waals surface area contributed by atoms with E-state index in [0.29, 0.717) is 17.3 Å². The number of nitrogens with zero attached hydrogens (tertiary/aromatic N) is 1. The van der Waals surface area contributed by atoms with Crippen LogP contribution in [-0.4, -0.2) is 64.8 Å². The number of epoxide rings is 1. The summed E-state index contributed by atoms with van der Waals surface area (Å²) in [6.07, 6.45) is 6.25. The van der Waals surface area contributed by atoms with Crippen LogP contribution in [0.15, 0.2) is 47.4 Å². The van der Waals surface area contributed by atoms with E-state index < -0.39 is 15.8 Å². The van der Waals surface area contributed by atoms with Crippen molar-refractivity contribution in [3.63, 3.8) is 0 Å². The van der Waals surface area contributed by atoms with Crippen LogP contribution in [0.1, 0.15) is 75.8 Å². The Bertz CT molecular complexity index is 1250. The molecule has 0 radical (unpaired) electrons. The van der Waals surface area contributed by atoms with Gasteiger partial charge in [0.15, 0.2) is 9.84 Å². The molecule has 3 atom stereocenters. The average molecular weight is 573 g/mol. The van der Waals surface area contributed by atoms with Gasteiger partial charge in [0.25, 0.3) is 0 Å². The second-order valence-corrected chi connectivity index (χ2v) is 13.5. The van der Waals surface area contributed by atoms with Crippen molar-refractivity contribution < 1.29 is 27.8 Å². The highest BCUT2D eigenvalue weighted by Gasteiger charge is 2.43. The lowest BCUT2D eigenvalue weighted by molar-refractivity contribution is -0.136. The molecule has 0 saturated carbocycles. The van der Waals surface area contributed by atoms with Gasteiger partial charge in [-0.25, -0.2) is 8.42 Å². The van der Waals surface area contributed by atoms with Crippen molar-refractivity contribution in [1.29, 1.82) is 0 Å². The maximum Gasteiger partial charge on any atom is 0.317 e. The van der Waals surface area contributed by atoms with Crippen LogP contribution in [0.4, 0.5) is 5.69 Å². The molecule has 220 valence electrons. The molecule has 2 aliphatic rings. The number of carboxylic acid groups (broad SMARTS) is 1. The molecule has 0 bridgehead atoms. The molecule has 0 aliphatic carbocycles. The van der Waals surface area contributed by atoms with Crippen molar-refractivity contribution in [2.45, 2.75) is 81.9 Å². The molecule has 1 saturated heterocycles. The summed E-state index contributed by atoms with van der Waals surface area (Å²) >= 11 is 0. The number of rotatable bonds is 14. The molecule has 0 aromatic heterocycles. The Morgan fingerprint density at radius 3 is 2.38 bits per heavy atom. The fraction of sp³-hybridized carbons (Fsp3) is 0.581. The summed E-state index contributed by atoms with van der Waals surface area (Å²) in [5.41, 5.74) is 2.68. The Hall–Kier alpha value is -2.62. The Morgan fingerprint density at radius 2 is 1.77 bits per heavy atom. The highest BCUT2D eigenvalue weighted by atomic mass is 32.2. The van der Waals surface area contributed by atoms with Gasteiger partial charge < -0.3 is 19.5 Å². The first-order chi connectivity index (χ1) is 19.1. The predicted molar refractivity (Wildman–Crippen MR) is 157 cm³/mol. The van der Waals surface area contributed by atoms with Gasteiger partial charge in [-0.15, -0.1) is 0 Å². The van der Waals surface area contributed by atoms with Gasteiger partial charge in [-0.3, -0.25) is 10.1 Å². The number of ether oxygens (including phenoxy) is 2. The minimum Gasteiger partial charge on any atom is -0.491 e. The number of sulfone groups is 1. The lowest BCUT2D eigenvalue weighted by Gasteiger charge is -2.35. The molecule has 1 fully saturated rings. The predicted octanol–water partition coefficient (Wildman–Crippen LogP) is 5.21. The maximum absolute atomic E-state index is 13.9. The Balaban J connectivity index is 1.63. The van der Waals surface area contributed by atoms with Crippen LogP contribution < -0.4 is 15.0 Å². The normalized spacial score (nSPS) is 22.6. The number of benzene rings is 2. The number of nitrogens with one attached hydrogen (secondary N) is 1. The summed E-state index contributed by atoms with van der Waals surface area (Å²) in [6.45, 7) is 4.51. The quantitative estimate of drug-likeness (QED) is 0.297. The fourth-order valence-corrected chi connectivity index (χ4v) is 8.14. The topological polar surface area (TPSA) is 108 Å². The minimum atomic E-state index is -3.46. The summed E-state index contributed by atoms with van der Waals surface area (Å²) in [5.74, 6) is -0.0798. The van der Waals surface area contributed by atoms with E-state index in [1.165, 1.54) is 0 Å². The van der Waals surface area contributed by atoms with E-state index in [-0.39, 0.29) is 36.0 Å². The van der Waals surface area contributed by atoms with E-state index in [1.54, 1.807) is 0 Å². The van der Waals surface area contributed by atoms with Gasteiger partial charge in [0, 0.05) is 25.7 Å². The van der Waals surface area contributed by atoms with Gasteiger partial charge in [0.2, 0.25) is 0 Å². The van der Waals surface area contributed by atoms with Crippen molar-refractivity contribution in [3.05, 3.63) is 53.6 Å². The van der Waals surface area contributed by atoms with E-state index in [1.807, 2.05) is 43.3 Å². The minimum absolute atomic E-state index is 0.0497. The van der Waals surface area contributed by atoms with Gasteiger partial charge in [-0.2, -0.15) is 0 Å². The van der Waals surface area contributed by atoms with E-state index >= 15 is 0 Å². The second kappa shape index (κ2) is 12.9. The van der Waals surface area contributed by atoms with Crippen LogP contribution in [0.3, 0.4) is 0 Å². The van der Waals surface area contributed by atoms with Crippen molar-refractivity contribution in [2.75, 3.05) is 37.9 Å². The van der Waals surface area contributed by atoms with Gasteiger partial charge in [-0.1, -0.05) is 51.7 Å². The van der Waals surface area contributed by atoms with Crippen molar-refractivity contribution in [2.24, 2.45) is 5.41 Å². The molecular weight excluding hydrogens is 528 g/mol. The molecule has 9 heteroatoms. The molecule has 3 unspecified atom stereocenters. The molecule has 4 rings (SSSR count). The summed E-state index contributed by atoms with van der Waals surface area (Å²) in [5, 5.41) is 11.6. The Kier molecular flexibility index (Phi) is 9.80. The van der Waals surface area contributed by atoms with Crippen LogP contribution >= 0.6 is 0 Å². The number of carbonyl (C=O) groups is 1. The monoisotopic (exact) mass is 572 g/mol. The smallest absolute Gasteiger partial charge is 0.317 e. The zero-order valence-electron chi connectivity index (χ0n) is 24.2. The highest BCUT2D eigenvalue weighted by Crippen LogP contribution is 2.50. The van der Waals surface area contributed by atoms with Crippen LogP contribution in [0.5, 0.6) is 5.75 Å². The molecule has 2 heterocycles. The summed E-state index contributed by atoms with van der Waals surface area (Å²) in [6, 6.07) is 13.8. The van der Waals surface area contributed by atoms with Crippen LogP contribution in [0.2, 0.25) is 0 Å². The third-order valence-corrected chi connectivity index (χ3v) is 10.2. The molecule has 8 nitrogen and oxygen atoms in total. The zero-order valence-corrected chi connectivity index (χ0v) is 25.0. The number of hydrogen-bond acceptors (Lipinski definition) is 7. The van der Waals surface area contributed by atoms with Crippen molar-refractivity contribution in [3.8, 4) is 5.75 Å². The van der Waals surface area contributed by atoms with E-state index in [4.69, 9.17) is 14.6 Å². The lowest BCUT2D eigenvalue weighted by atomic mass is 9.70. The molecule has 2 N–H and O–H groups in total. The van der Waals surface area contributed by atoms with E-state index in [0.717, 1.165) is 61.8 Å². The van der Waals surface area contributed by atoms with Crippen molar-refractivity contribution >= 4 is 21.5 Å². The van der Waals surface area contributed by atoms with Crippen LogP contribution in [-0.2, 0) is 19.4 Å². The largest absolute Gasteiger partial charge is 0.491 e. The molecule has 2 aromatic rings. The summed E-state index contributed by atoms with van der Waals surface area (Å²) in [7, 11) is 0.492. The maximum atomic E-state index is 13.9. The third-order valence-electron chi connectivity index (χ3n) is 8.21. The van der Waals surface area contributed by atoms with E-state index in [2.05, 4.69) is 37.4 Å². The third kappa shape index (κ3) is 7.36. The molecule has 2 aliphatic heterocycles. The number of aliphatic carboxylic acids is 1. The van der Waals surface area contributed by atoms with E-state index in [9.17, 15) is 13.2 Å². The summed E-state index contributed by atoms with van der Waals surface area (Å²) < 4.78 is 39.2. The summed E-state index contributed by atoms with van der Waals surface area (Å²) in [4.78, 5) is 13.2.